The minimum atomic E-state index is -1.21. The molecule has 0 radical (unpaired) electrons. The summed E-state index contributed by atoms with van der Waals surface area (Å²) in [5.41, 5.74) is 5.80. The minimum absolute atomic E-state index is 0.0997. The molecule has 0 saturated carbocycles. The van der Waals surface area contributed by atoms with E-state index in [9.17, 15) is 19.5 Å². The van der Waals surface area contributed by atoms with Crippen molar-refractivity contribution < 1.29 is 24.3 Å². The Balaban J connectivity index is 1.61. The lowest BCUT2D eigenvalue weighted by molar-refractivity contribution is -0.150. The monoisotopic (exact) mass is 395 g/mol. The van der Waals surface area contributed by atoms with Gasteiger partial charge in [0.15, 0.2) is 5.13 Å². The van der Waals surface area contributed by atoms with Gasteiger partial charge in [-0.15, -0.1) is 23.1 Å². The number of carboxylic acid groups (broad SMARTS) is 1. The third-order valence-corrected chi connectivity index (χ3v) is 5.52. The van der Waals surface area contributed by atoms with Gasteiger partial charge in [0.1, 0.15) is 23.3 Å². The number of hydrogen-bond acceptors (Lipinski definition) is 9. The normalized spacial score (nSPS) is 22.0. The summed E-state index contributed by atoms with van der Waals surface area (Å²) in [6.07, 6.45) is 2.28. The van der Waals surface area contributed by atoms with Gasteiger partial charge in [0.05, 0.1) is 5.38 Å². The predicted octanol–water partition coefficient (Wildman–Crippen LogP) is 0.0145. The highest BCUT2D eigenvalue weighted by Crippen LogP contribution is 2.40. The molecular formula is C14H13N5O5S2. The zero-order valence-corrected chi connectivity index (χ0v) is 14.7. The smallest absolute Gasteiger partial charge is 0.352 e. The number of nitrogens with zero attached hydrogens (tertiary/aromatic N) is 3. The fourth-order valence-corrected chi connectivity index (χ4v) is 4.23. The van der Waals surface area contributed by atoms with Gasteiger partial charge < -0.3 is 21.0 Å². The van der Waals surface area contributed by atoms with E-state index < -0.39 is 29.2 Å². The van der Waals surface area contributed by atoms with Gasteiger partial charge in [-0.1, -0.05) is 17.8 Å². The molecule has 2 aliphatic heterocycles. The molecule has 0 aromatic carbocycles. The number of nitrogens with two attached hydrogens (primary N) is 1. The summed E-state index contributed by atoms with van der Waals surface area (Å²) >= 11 is 2.50. The van der Waals surface area contributed by atoms with Gasteiger partial charge in [-0.05, 0) is 5.57 Å². The first-order chi connectivity index (χ1) is 12.4. The molecule has 1 fully saturated rings. The molecule has 0 spiro atoms. The van der Waals surface area contributed by atoms with Crippen molar-refractivity contribution in [3.63, 3.8) is 0 Å². The number of β-lactam (4-membered cyclic amide) rings is 1. The second-order valence-electron chi connectivity index (χ2n) is 5.13. The first-order valence-corrected chi connectivity index (χ1v) is 9.10. The Hall–Kier alpha value is -2.86. The molecular weight excluding hydrogens is 382 g/mol. The highest BCUT2D eigenvalue weighted by Gasteiger charge is 2.53. The van der Waals surface area contributed by atoms with E-state index in [0.717, 1.165) is 22.5 Å². The zero-order chi connectivity index (χ0) is 18.8. The fraction of sp³-hybridized carbons (Fsp3) is 0.214. The van der Waals surface area contributed by atoms with Gasteiger partial charge in [-0.2, -0.15) is 4.98 Å². The van der Waals surface area contributed by atoms with Crippen molar-refractivity contribution >= 4 is 52.2 Å². The lowest BCUT2D eigenvalue weighted by Crippen LogP contribution is -2.70. The van der Waals surface area contributed by atoms with Gasteiger partial charge in [0.25, 0.3) is 17.7 Å². The van der Waals surface area contributed by atoms with E-state index in [2.05, 4.69) is 22.0 Å². The number of amides is 2. The molecule has 2 aliphatic rings. The second-order valence-corrected chi connectivity index (χ2v) is 7.12. The van der Waals surface area contributed by atoms with Gasteiger partial charge in [0.2, 0.25) is 0 Å². The van der Waals surface area contributed by atoms with E-state index in [0.29, 0.717) is 16.5 Å². The molecule has 2 atom stereocenters. The first kappa shape index (κ1) is 17.9. The number of allylic oxidation sites excluding steroid dienone is 1. The highest BCUT2D eigenvalue weighted by molar-refractivity contribution is 8.00. The average Bonchev–Trinajstić information content (AvgIpc) is 3.03. The van der Waals surface area contributed by atoms with E-state index in [1.165, 1.54) is 23.2 Å². The van der Waals surface area contributed by atoms with Crippen LogP contribution in [-0.2, 0) is 14.4 Å². The topological polar surface area (TPSA) is 147 Å². The zero-order valence-electron chi connectivity index (χ0n) is 13.1. The van der Waals surface area contributed by atoms with Crippen molar-refractivity contribution in [2.75, 3.05) is 11.5 Å². The number of fused-ring (bicyclic) bond motifs is 1. The van der Waals surface area contributed by atoms with Crippen molar-refractivity contribution in [1.82, 2.24) is 15.2 Å². The van der Waals surface area contributed by atoms with Crippen molar-refractivity contribution in [3.8, 4) is 5.88 Å². The number of carbonyl (C=O) groups excluding carboxylic acids is 2. The minimum Gasteiger partial charge on any atom is -0.477 e. The summed E-state index contributed by atoms with van der Waals surface area (Å²) in [5, 5.41) is 16.6. The Kier molecular flexibility index (Phi) is 4.95. The van der Waals surface area contributed by atoms with E-state index in [4.69, 9.17) is 10.6 Å². The molecule has 136 valence electrons. The number of oxime groups is 1. The summed E-state index contributed by atoms with van der Waals surface area (Å²) in [5.74, 6) is -1.83. The summed E-state index contributed by atoms with van der Waals surface area (Å²) in [6, 6.07) is -0.838. The van der Waals surface area contributed by atoms with Crippen LogP contribution in [0.4, 0.5) is 5.13 Å². The van der Waals surface area contributed by atoms with Gasteiger partial charge >= 0.3 is 5.97 Å². The molecule has 4 N–H and O–H groups in total. The third kappa shape index (κ3) is 3.28. The molecule has 10 nitrogen and oxygen atoms in total. The van der Waals surface area contributed by atoms with Crippen LogP contribution in [0.3, 0.4) is 0 Å². The number of carboxylic acids is 1. The van der Waals surface area contributed by atoms with Crippen LogP contribution in [0.5, 0.6) is 5.88 Å². The second kappa shape index (κ2) is 7.17. The van der Waals surface area contributed by atoms with Crippen LogP contribution in [0.25, 0.3) is 0 Å². The van der Waals surface area contributed by atoms with Crippen LogP contribution >= 0.6 is 23.1 Å². The van der Waals surface area contributed by atoms with Crippen LogP contribution < -0.4 is 15.9 Å². The van der Waals surface area contributed by atoms with E-state index in [1.807, 2.05) is 0 Å². The van der Waals surface area contributed by atoms with Crippen molar-refractivity contribution in [2.24, 2.45) is 5.16 Å². The number of nitrogen functional groups attached to an aromatic ring is 1. The molecule has 26 heavy (non-hydrogen) atoms. The Morgan fingerprint density at radius 2 is 2.35 bits per heavy atom. The maximum atomic E-state index is 12.3. The Morgan fingerprint density at radius 1 is 1.58 bits per heavy atom. The number of aliphatic carboxylic acids is 1. The van der Waals surface area contributed by atoms with Crippen molar-refractivity contribution in [3.05, 3.63) is 29.3 Å². The molecule has 3 rings (SSSR count). The van der Waals surface area contributed by atoms with Crippen LogP contribution in [-0.4, -0.2) is 56.2 Å². The van der Waals surface area contributed by atoms with E-state index in [-0.39, 0.29) is 11.6 Å². The van der Waals surface area contributed by atoms with E-state index >= 15 is 0 Å². The summed E-state index contributed by atoms with van der Waals surface area (Å²) in [4.78, 5) is 45.4. The van der Waals surface area contributed by atoms with Gasteiger partial charge in [0, 0.05) is 5.75 Å². The number of nitrogens with one attached hydrogen (secondary N) is 1. The number of anilines is 1. The SMILES string of the molecule is C=CC1=C(C(=O)O)N2C(=O)[C@@H](NC(=O)/C=N\Oc3csc(N)n3)[C@H]2SC1. The number of thioether (sulfide) groups is 1. The summed E-state index contributed by atoms with van der Waals surface area (Å²) < 4.78 is 0. The molecule has 12 heteroatoms. The van der Waals surface area contributed by atoms with Crippen LogP contribution in [0, 0.1) is 0 Å². The Labute approximate surface area is 155 Å². The molecule has 0 aliphatic carbocycles. The number of thiazole rings is 1. The lowest BCUT2D eigenvalue weighted by Gasteiger charge is -2.49. The lowest BCUT2D eigenvalue weighted by atomic mass is 10.0. The quantitative estimate of drug-likeness (QED) is 0.347. The van der Waals surface area contributed by atoms with Gasteiger partial charge in [-0.3, -0.25) is 14.5 Å². The van der Waals surface area contributed by atoms with E-state index in [1.54, 1.807) is 0 Å². The number of rotatable bonds is 6. The predicted molar refractivity (Wildman–Crippen MR) is 95.5 cm³/mol. The Morgan fingerprint density at radius 3 is 2.96 bits per heavy atom. The number of hydrogen-bond donors (Lipinski definition) is 3. The molecule has 0 unspecified atom stereocenters. The maximum absolute atomic E-state index is 12.3. The number of carbonyl (C=O) groups is 3. The number of aromatic nitrogens is 1. The van der Waals surface area contributed by atoms with Crippen molar-refractivity contribution in [2.45, 2.75) is 11.4 Å². The van der Waals surface area contributed by atoms with Gasteiger partial charge in [-0.25, -0.2) is 4.79 Å². The van der Waals surface area contributed by atoms with Crippen LogP contribution in [0.2, 0.25) is 0 Å². The first-order valence-electron chi connectivity index (χ1n) is 7.17. The molecule has 1 aromatic rings. The largest absolute Gasteiger partial charge is 0.477 e. The maximum Gasteiger partial charge on any atom is 0.352 e. The van der Waals surface area contributed by atoms with Crippen LogP contribution in [0.15, 0.2) is 34.5 Å². The molecule has 3 heterocycles. The average molecular weight is 395 g/mol. The summed E-state index contributed by atoms with van der Waals surface area (Å²) in [7, 11) is 0. The summed E-state index contributed by atoms with van der Waals surface area (Å²) in [6.45, 7) is 3.57. The highest BCUT2D eigenvalue weighted by atomic mass is 32.2. The fourth-order valence-electron chi connectivity index (χ4n) is 2.43. The third-order valence-electron chi connectivity index (χ3n) is 3.56. The van der Waals surface area contributed by atoms with Crippen molar-refractivity contribution in [1.29, 1.82) is 0 Å². The molecule has 0 bridgehead atoms. The molecule has 1 aromatic heterocycles. The standard InChI is InChI=1S/C14H13N5O5S2/c1-2-6-4-25-12-9(11(21)19(12)10(6)13(22)23)17-7(20)3-16-24-8-5-26-14(15)18-8/h2-3,5,9,12H,1,4H2,(H2,15,18)(H,17,20)(H,22,23)/b16-3-/t9-,12-/m1/s1. The molecule has 1 saturated heterocycles. The Bertz CT molecular complexity index is 849. The van der Waals surface area contributed by atoms with Crippen LogP contribution in [0.1, 0.15) is 0 Å². The molecule has 2 amide bonds.